The Morgan fingerprint density at radius 3 is 2.59 bits per heavy atom. The Balaban J connectivity index is 1.79. The van der Waals surface area contributed by atoms with Gasteiger partial charge < -0.3 is 9.64 Å². The fraction of sp³-hybridized carbons (Fsp3) is 0.348. The summed E-state index contributed by atoms with van der Waals surface area (Å²) in [6.07, 6.45) is 5.48. The normalized spacial score (nSPS) is 19.9. The van der Waals surface area contributed by atoms with Gasteiger partial charge in [0.05, 0.1) is 19.2 Å². The van der Waals surface area contributed by atoms with Crippen LogP contribution < -0.4 is 4.74 Å². The average Bonchev–Trinajstić information content (AvgIpc) is 2.99. The highest BCUT2D eigenvalue weighted by Gasteiger charge is 2.43. The highest BCUT2D eigenvalue weighted by Crippen LogP contribution is 2.38. The number of aromatic nitrogens is 1. The third-order valence-electron chi connectivity index (χ3n) is 5.58. The summed E-state index contributed by atoms with van der Waals surface area (Å²) in [5.74, 6) is 0.565. The van der Waals surface area contributed by atoms with Gasteiger partial charge in [-0.3, -0.25) is 19.5 Å². The zero-order chi connectivity index (χ0) is 20.4. The van der Waals surface area contributed by atoms with Crippen molar-refractivity contribution < 1.29 is 14.3 Å². The molecule has 1 saturated heterocycles. The molecule has 2 amide bonds. The van der Waals surface area contributed by atoms with E-state index in [9.17, 15) is 9.59 Å². The van der Waals surface area contributed by atoms with Gasteiger partial charge in [0, 0.05) is 31.0 Å². The van der Waals surface area contributed by atoms with E-state index >= 15 is 0 Å². The summed E-state index contributed by atoms with van der Waals surface area (Å²) in [7, 11) is 1.58. The fourth-order valence-electron chi connectivity index (χ4n) is 4.16. The number of carbonyl (C=O) groups is 2. The molecular weight excluding hydrogens is 366 g/mol. The molecule has 0 N–H and O–H groups in total. The van der Waals surface area contributed by atoms with Crippen molar-refractivity contribution in [1.82, 2.24) is 14.8 Å². The minimum absolute atomic E-state index is 0.228. The van der Waals surface area contributed by atoms with Crippen LogP contribution in [0.2, 0.25) is 0 Å². The maximum Gasteiger partial charge on any atom is 0.278 e. The van der Waals surface area contributed by atoms with Crippen LogP contribution in [0.3, 0.4) is 0 Å². The lowest BCUT2D eigenvalue weighted by molar-refractivity contribution is -0.138. The molecule has 29 heavy (non-hydrogen) atoms. The summed E-state index contributed by atoms with van der Waals surface area (Å²) in [4.78, 5) is 34.4. The summed E-state index contributed by atoms with van der Waals surface area (Å²) in [6, 6.07) is 11.0. The maximum absolute atomic E-state index is 13.5. The summed E-state index contributed by atoms with van der Waals surface area (Å²) < 4.78 is 5.51. The van der Waals surface area contributed by atoms with Gasteiger partial charge in [0.2, 0.25) is 0 Å². The predicted octanol–water partition coefficient (Wildman–Crippen LogP) is 3.10. The first-order valence-corrected chi connectivity index (χ1v) is 9.98. The number of methoxy groups -OCH3 is 1. The first kappa shape index (κ1) is 19.2. The maximum atomic E-state index is 13.5. The minimum Gasteiger partial charge on any atom is -0.496 e. The van der Waals surface area contributed by atoms with Gasteiger partial charge in [0.1, 0.15) is 11.4 Å². The SMILES string of the molecule is COc1ccccc1C1=C(N2CCCC(C)C2)C(=O)N(Cc2ccncc2)C1=O. The van der Waals surface area contributed by atoms with Crippen LogP contribution >= 0.6 is 0 Å². The molecule has 1 aromatic heterocycles. The molecule has 6 nitrogen and oxygen atoms in total. The number of benzene rings is 1. The molecule has 2 aliphatic rings. The Kier molecular flexibility index (Phi) is 5.34. The molecule has 150 valence electrons. The van der Waals surface area contributed by atoms with E-state index in [0.717, 1.165) is 31.5 Å². The summed E-state index contributed by atoms with van der Waals surface area (Å²) >= 11 is 0. The highest BCUT2D eigenvalue weighted by molar-refractivity contribution is 6.35. The van der Waals surface area contributed by atoms with E-state index in [1.165, 1.54) is 4.90 Å². The van der Waals surface area contributed by atoms with Gasteiger partial charge in [0.25, 0.3) is 11.8 Å². The molecule has 2 aromatic rings. The number of nitrogens with zero attached hydrogens (tertiary/aromatic N) is 3. The van der Waals surface area contributed by atoms with E-state index in [0.29, 0.717) is 28.5 Å². The molecule has 0 saturated carbocycles. The Hall–Kier alpha value is -3.15. The van der Waals surface area contributed by atoms with Crippen molar-refractivity contribution in [1.29, 1.82) is 0 Å². The second-order valence-electron chi connectivity index (χ2n) is 7.67. The molecule has 0 bridgehead atoms. The molecule has 3 heterocycles. The third kappa shape index (κ3) is 3.62. The second-order valence-corrected chi connectivity index (χ2v) is 7.67. The highest BCUT2D eigenvalue weighted by atomic mass is 16.5. The Bertz CT molecular complexity index is 955. The third-order valence-corrected chi connectivity index (χ3v) is 5.58. The minimum atomic E-state index is -0.274. The second kappa shape index (κ2) is 8.07. The lowest BCUT2D eigenvalue weighted by Gasteiger charge is -2.33. The van der Waals surface area contributed by atoms with Gasteiger partial charge in [-0.05, 0) is 42.5 Å². The van der Waals surface area contributed by atoms with Crippen LogP contribution in [0.15, 0.2) is 54.5 Å². The summed E-state index contributed by atoms with van der Waals surface area (Å²) in [5.41, 5.74) is 2.48. The van der Waals surface area contributed by atoms with Gasteiger partial charge >= 0.3 is 0 Å². The van der Waals surface area contributed by atoms with Crippen molar-refractivity contribution in [2.75, 3.05) is 20.2 Å². The van der Waals surface area contributed by atoms with Crippen LogP contribution in [0.5, 0.6) is 5.75 Å². The van der Waals surface area contributed by atoms with Crippen molar-refractivity contribution in [2.24, 2.45) is 5.92 Å². The van der Waals surface area contributed by atoms with Crippen LogP contribution in [-0.4, -0.2) is 46.8 Å². The van der Waals surface area contributed by atoms with E-state index in [1.807, 2.05) is 36.4 Å². The number of carbonyl (C=O) groups excluding carboxylic acids is 2. The van der Waals surface area contributed by atoms with E-state index in [1.54, 1.807) is 19.5 Å². The van der Waals surface area contributed by atoms with Crippen molar-refractivity contribution in [3.05, 3.63) is 65.6 Å². The van der Waals surface area contributed by atoms with E-state index in [4.69, 9.17) is 4.74 Å². The van der Waals surface area contributed by atoms with E-state index in [-0.39, 0.29) is 18.4 Å². The van der Waals surface area contributed by atoms with E-state index < -0.39 is 0 Å². The van der Waals surface area contributed by atoms with Gasteiger partial charge in [0.15, 0.2) is 0 Å². The van der Waals surface area contributed by atoms with Crippen molar-refractivity contribution >= 4 is 17.4 Å². The molecule has 0 radical (unpaired) electrons. The number of amides is 2. The molecule has 1 unspecified atom stereocenters. The van der Waals surface area contributed by atoms with Crippen LogP contribution in [0.4, 0.5) is 0 Å². The molecule has 0 spiro atoms. The number of rotatable bonds is 5. The van der Waals surface area contributed by atoms with Crippen LogP contribution in [0.25, 0.3) is 5.57 Å². The monoisotopic (exact) mass is 391 g/mol. The van der Waals surface area contributed by atoms with Crippen molar-refractivity contribution in [3.8, 4) is 5.75 Å². The smallest absolute Gasteiger partial charge is 0.278 e. The molecule has 1 atom stereocenters. The quantitative estimate of drug-likeness (QED) is 0.733. The zero-order valence-electron chi connectivity index (χ0n) is 16.8. The van der Waals surface area contributed by atoms with Crippen molar-refractivity contribution in [2.45, 2.75) is 26.3 Å². The Morgan fingerprint density at radius 2 is 1.86 bits per heavy atom. The lowest BCUT2D eigenvalue weighted by Crippen LogP contribution is -2.39. The number of imide groups is 1. The predicted molar refractivity (Wildman–Crippen MR) is 110 cm³/mol. The Labute approximate surface area is 170 Å². The molecule has 0 aliphatic carbocycles. The van der Waals surface area contributed by atoms with Crippen molar-refractivity contribution in [3.63, 3.8) is 0 Å². The number of hydrogen-bond acceptors (Lipinski definition) is 5. The first-order valence-electron chi connectivity index (χ1n) is 9.98. The van der Waals surface area contributed by atoms with Gasteiger partial charge in [-0.15, -0.1) is 0 Å². The number of ether oxygens (including phenoxy) is 1. The number of pyridine rings is 1. The topological polar surface area (TPSA) is 62.7 Å². The van der Waals surface area contributed by atoms with Crippen LogP contribution in [0.1, 0.15) is 30.9 Å². The molecule has 1 fully saturated rings. The summed E-state index contributed by atoms with van der Waals surface area (Å²) in [5, 5.41) is 0. The average molecular weight is 391 g/mol. The molecule has 4 rings (SSSR count). The lowest BCUT2D eigenvalue weighted by atomic mass is 9.97. The number of likely N-dealkylation sites (tertiary alicyclic amines) is 1. The van der Waals surface area contributed by atoms with Gasteiger partial charge in [-0.25, -0.2) is 0 Å². The molecule has 6 heteroatoms. The number of piperidine rings is 1. The van der Waals surface area contributed by atoms with Crippen LogP contribution in [0, 0.1) is 5.92 Å². The standard InChI is InChI=1S/C23H25N3O3/c1-16-6-5-13-25(14-16)21-20(18-7-3-4-8-19(18)29-2)22(27)26(23(21)28)15-17-9-11-24-12-10-17/h3-4,7-12,16H,5-6,13-15H2,1-2H3. The Morgan fingerprint density at radius 1 is 1.10 bits per heavy atom. The summed E-state index contributed by atoms with van der Waals surface area (Å²) in [6.45, 7) is 3.97. The first-order chi connectivity index (χ1) is 14.1. The molecular formula is C23H25N3O3. The molecule has 2 aliphatic heterocycles. The zero-order valence-corrected chi connectivity index (χ0v) is 16.8. The number of hydrogen-bond donors (Lipinski definition) is 0. The fourth-order valence-corrected chi connectivity index (χ4v) is 4.16. The van der Waals surface area contributed by atoms with Crippen LogP contribution in [-0.2, 0) is 16.1 Å². The van der Waals surface area contributed by atoms with E-state index in [2.05, 4.69) is 16.8 Å². The van der Waals surface area contributed by atoms with Gasteiger partial charge in [-0.2, -0.15) is 0 Å². The van der Waals surface area contributed by atoms with Gasteiger partial charge in [-0.1, -0.05) is 25.1 Å². The largest absolute Gasteiger partial charge is 0.496 e. The molecule has 1 aromatic carbocycles. The number of para-hydroxylation sites is 1.